The van der Waals surface area contributed by atoms with Crippen LogP contribution in [0.5, 0.6) is 11.5 Å². The van der Waals surface area contributed by atoms with Gasteiger partial charge in [0.1, 0.15) is 22.8 Å². The van der Waals surface area contributed by atoms with Gasteiger partial charge < -0.3 is 9.15 Å². The van der Waals surface area contributed by atoms with Crippen molar-refractivity contribution in [3.63, 3.8) is 0 Å². The molecule has 3 heterocycles. The van der Waals surface area contributed by atoms with Crippen LogP contribution in [0.4, 0.5) is 0 Å². The zero-order valence-electron chi connectivity index (χ0n) is 15.9. The zero-order chi connectivity index (χ0) is 19.5. The summed E-state index contributed by atoms with van der Waals surface area (Å²) in [5.74, 6) is 1.70. The van der Waals surface area contributed by atoms with E-state index in [1.54, 1.807) is 24.5 Å². The fourth-order valence-corrected chi connectivity index (χ4v) is 3.76. The summed E-state index contributed by atoms with van der Waals surface area (Å²) in [5, 5.41) is 2.06. The van der Waals surface area contributed by atoms with Crippen molar-refractivity contribution >= 4 is 17.7 Å². The molecule has 3 aromatic rings. The molecule has 138 valence electrons. The third-order valence-electron chi connectivity index (χ3n) is 5.66. The highest BCUT2D eigenvalue weighted by Gasteiger charge is 2.24. The molecular formula is C24H19NO3. The topological polar surface area (TPSA) is 52.3 Å². The second kappa shape index (κ2) is 5.80. The van der Waals surface area contributed by atoms with Gasteiger partial charge in [-0.05, 0) is 42.0 Å². The first-order valence-electron chi connectivity index (χ1n) is 9.26. The molecule has 0 fully saturated rings. The first-order chi connectivity index (χ1) is 13.4. The number of nitrogens with zero attached hydrogens (tertiary/aromatic N) is 1. The fourth-order valence-electron chi connectivity index (χ4n) is 3.76. The van der Waals surface area contributed by atoms with Gasteiger partial charge in [-0.25, -0.2) is 4.79 Å². The van der Waals surface area contributed by atoms with Crippen molar-refractivity contribution in [2.45, 2.75) is 20.8 Å². The maximum atomic E-state index is 12.7. The Morgan fingerprint density at radius 1 is 1.11 bits per heavy atom. The molecule has 1 aromatic carbocycles. The molecule has 0 saturated carbocycles. The second-order valence-corrected chi connectivity index (χ2v) is 7.79. The van der Waals surface area contributed by atoms with Crippen LogP contribution >= 0.6 is 0 Å². The molecule has 2 aromatic heterocycles. The molecule has 2 aliphatic rings. The van der Waals surface area contributed by atoms with Crippen LogP contribution in [-0.2, 0) is 0 Å². The lowest BCUT2D eigenvalue weighted by Gasteiger charge is -2.27. The Morgan fingerprint density at radius 3 is 2.75 bits per heavy atom. The van der Waals surface area contributed by atoms with Crippen LogP contribution in [0.3, 0.4) is 0 Å². The minimum atomic E-state index is -0.414. The standard InChI is InChI=1S/C24H19NO3/c1-14-22-15(8-9-24(14,2)3)6-7-19-17(22)11-18-21(27-19)12-20(28-23(18)26)16-5-4-10-25-13-16/h4-13H,1-3H3. The number of pyridine rings is 1. The Morgan fingerprint density at radius 2 is 1.96 bits per heavy atom. The van der Waals surface area contributed by atoms with E-state index in [9.17, 15) is 4.79 Å². The molecule has 0 bridgehead atoms. The predicted molar refractivity (Wildman–Crippen MR) is 109 cm³/mol. The van der Waals surface area contributed by atoms with Crippen molar-refractivity contribution in [1.29, 1.82) is 0 Å². The van der Waals surface area contributed by atoms with Gasteiger partial charge in [-0.3, -0.25) is 4.98 Å². The normalized spacial score (nSPS) is 15.8. The predicted octanol–water partition coefficient (Wildman–Crippen LogP) is 3.86. The maximum absolute atomic E-state index is 12.7. The molecule has 4 nitrogen and oxygen atoms in total. The highest BCUT2D eigenvalue weighted by atomic mass is 16.5. The van der Waals surface area contributed by atoms with E-state index in [1.165, 1.54) is 5.57 Å². The molecule has 1 aliphatic heterocycles. The second-order valence-electron chi connectivity index (χ2n) is 7.79. The average Bonchev–Trinajstić information content (AvgIpc) is 2.70. The summed E-state index contributed by atoms with van der Waals surface area (Å²) in [7, 11) is 0. The number of hydrogen-bond donors (Lipinski definition) is 0. The van der Waals surface area contributed by atoms with E-state index in [2.05, 4.69) is 44.0 Å². The van der Waals surface area contributed by atoms with Crippen LogP contribution in [0.2, 0.25) is 0 Å². The number of rotatable bonds is 1. The SMILES string of the molecule is CC1=c2c(ccc3c2=Cc2c(cc(-c4cccnc4)oc2=O)O3)C=CC1(C)C. The van der Waals surface area contributed by atoms with Gasteiger partial charge in [0.25, 0.3) is 0 Å². The van der Waals surface area contributed by atoms with Gasteiger partial charge in [-0.15, -0.1) is 0 Å². The number of aromatic nitrogens is 1. The molecule has 4 heteroatoms. The summed E-state index contributed by atoms with van der Waals surface area (Å²) < 4.78 is 11.7. The number of fused-ring (bicyclic) bond motifs is 4. The highest BCUT2D eigenvalue weighted by Crippen LogP contribution is 2.33. The molecule has 0 saturated heterocycles. The van der Waals surface area contributed by atoms with E-state index in [0.29, 0.717) is 17.1 Å². The molecule has 5 rings (SSSR count). The Labute approximate surface area is 162 Å². The molecule has 1 aliphatic carbocycles. The zero-order valence-corrected chi connectivity index (χ0v) is 15.9. The van der Waals surface area contributed by atoms with Gasteiger partial charge in [0.05, 0.1) is 0 Å². The van der Waals surface area contributed by atoms with Gasteiger partial charge in [-0.1, -0.05) is 37.6 Å². The molecule has 0 spiro atoms. The first-order valence-corrected chi connectivity index (χ1v) is 9.26. The van der Waals surface area contributed by atoms with Crippen LogP contribution in [-0.4, -0.2) is 4.98 Å². The minimum absolute atomic E-state index is 0.0505. The summed E-state index contributed by atoms with van der Waals surface area (Å²) in [5.41, 5.74) is 3.09. The van der Waals surface area contributed by atoms with E-state index in [1.807, 2.05) is 18.2 Å². The van der Waals surface area contributed by atoms with Gasteiger partial charge in [-0.2, -0.15) is 0 Å². The Kier molecular flexibility index (Phi) is 3.47. The molecule has 0 unspecified atom stereocenters. The molecule has 0 N–H and O–H groups in total. The lowest BCUT2D eigenvalue weighted by molar-refractivity contribution is 0.449. The van der Waals surface area contributed by atoms with Crippen molar-refractivity contribution in [3.05, 3.63) is 80.8 Å². The number of hydrogen-bond acceptors (Lipinski definition) is 4. The average molecular weight is 369 g/mol. The molecule has 0 amide bonds. The quantitative estimate of drug-likeness (QED) is 0.511. The van der Waals surface area contributed by atoms with E-state index >= 15 is 0 Å². The summed E-state index contributed by atoms with van der Waals surface area (Å²) in [4.78, 5) is 16.8. The maximum Gasteiger partial charge on any atom is 0.347 e. The summed E-state index contributed by atoms with van der Waals surface area (Å²) in [6.07, 6.45) is 9.58. The van der Waals surface area contributed by atoms with Gasteiger partial charge >= 0.3 is 5.63 Å². The summed E-state index contributed by atoms with van der Waals surface area (Å²) in [6.45, 7) is 6.51. The van der Waals surface area contributed by atoms with Crippen molar-refractivity contribution in [3.8, 4) is 22.8 Å². The number of ether oxygens (including phenoxy) is 1. The third kappa shape index (κ3) is 2.45. The molecule has 0 atom stereocenters. The molecular weight excluding hydrogens is 350 g/mol. The number of allylic oxidation sites excluding steroid dienone is 1. The van der Waals surface area contributed by atoms with Crippen molar-refractivity contribution in [2.24, 2.45) is 5.41 Å². The van der Waals surface area contributed by atoms with Crippen LogP contribution in [0, 0.1) is 5.41 Å². The largest absolute Gasteiger partial charge is 0.456 e. The van der Waals surface area contributed by atoms with Crippen LogP contribution in [0.1, 0.15) is 31.9 Å². The number of benzene rings is 1. The molecule has 0 radical (unpaired) electrons. The van der Waals surface area contributed by atoms with Crippen LogP contribution < -0.4 is 20.8 Å². The smallest absolute Gasteiger partial charge is 0.347 e. The first kappa shape index (κ1) is 16.8. The van der Waals surface area contributed by atoms with Gasteiger partial charge in [0.2, 0.25) is 0 Å². The Balaban J connectivity index is 1.79. The van der Waals surface area contributed by atoms with Crippen molar-refractivity contribution in [2.75, 3.05) is 0 Å². The van der Waals surface area contributed by atoms with E-state index < -0.39 is 5.63 Å². The van der Waals surface area contributed by atoms with Gasteiger partial charge in [0, 0.05) is 34.7 Å². The summed E-state index contributed by atoms with van der Waals surface area (Å²) >= 11 is 0. The Hall–Kier alpha value is -3.40. The fraction of sp³-hybridized carbons (Fsp3) is 0.167. The van der Waals surface area contributed by atoms with Crippen molar-refractivity contribution < 1.29 is 9.15 Å². The van der Waals surface area contributed by atoms with E-state index in [4.69, 9.17) is 9.15 Å². The minimum Gasteiger partial charge on any atom is -0.456 e. The van der Waals surface area contributed by atoms with Crippen LogP contribution in [0.25, 0.3) is 29.0 Å². The highest BCUT2D eigenvalue weighted by molar-refractivity contribution is 5.72. The third-order valence-corrected chi connectivity index (χ3v) is 5.66. The lowest BCUT2D eigenvalue weighted by atomic mass is 9.78. The van der Waals surface area contributed by atoms with Gasteiger partial charge in [0.15, 0.2) is 0 Å². The molecule has 28 heavy (non-hydrogen) atoms. The lowest BCUT2D eigenvalue weighted by Crippen LogP contribution is -2.37. The van der Waals surface area contributed by atoms with Crippen LogP contribution in [0.15, 0.2) is 58.0 Å². The van der Waals surface area contributed by atoms with Crippen molar-refractivity contribution in [1.82, 2.24) is 4.98 Å². The monoisotopic (exact) mass is 369 g/mol. The van der Waals surface area contributed by atoms with E-state index in [0.717, 1.165) is 27.3 Å². The summed E-state index contributed by atoms with van der Waals surface area (Å²) in [6, 6.07) is 9.43. The Bertz CT molecular complexity index is 1330. The van der Waals surface area contributed by atoms with E-state index in [-0.39, 0.29) is 5.41 Å².